The van der Waals surface area contributed by atoms with Crippen LogP contribution >= 0.6 is 0 Å². The van der Waals surface area contributed by atoms with E-state index in [1.54, 1.807) is 0 Å². The lowest BCUT2D eigenvalue weighted by Crippen LogP contribution is -2.28. The first-order valence-corrected chi connectivity index (χ1v) is 14.5. The van der Waals surface area contributed by atoms with Gasteiger partial charge in [0.25, 0.3) is 0 Å². The average Bonchev–Trinajstić information content (AvgIpc) is 3.45. The number of benzene rings is 6. The quantitative estimate of drug-likeness (QED) is 0.241. The summed E-state index contributed by atoms with van der Waals surface area (Å²) in [6, 6.07) is 53.5. The van der Waals surface area contributed by atoms with Gasteiger partial charge in [0.05, 0.1) is 5.41 Å². The van der Waals surface area contributed by atoms with Crippen molar-refractivity contribution in [3.05, 3.63) is 179 Å². The topological polar surface area (TPSA) is 12.0 Å². The molecule has 6 aromatic carbocycles. The zero-order chi connectivity index (χ0) is 27.6. The van der Waals surface area contributed by atoms with Crippen molar-refractivity contribution in [2.45, 2.75) is 24.7 Å². The molecule has 2 aliphatic rings. The molecule has 0 heterocycles. The Kier molecular flexibility index (Phi) is 5.15. The van der Waals surface area contributed by atoms with Crippen LogP contribution in [-0.4, -0.2) is 0 Å². The van der Waals surface area contributed by atoms with Crippen molar-refractivity contribution in [2.24, 2.45) is 0 Å². The standard InChI is InChI=1S/C40H31N/c1-39(2)35-17-9-6-14-31(35)34-25-24-30(26-38(34)39)41-29-22-20-28(21-23-29)40(27-12-4-3-5-13-27)36-18-10-7-15-32(36)33-16-8-11-19-37(33)40/h3-26,41H,1-2H3. The van der Waals surface area contributed by atoms with E-state index < -0.39 is 0 Å². The maximum absolute atomic E-state index is 3.71. The molecule has 1 N–H and O–H groups in total. The molecular formula is C40H31N. The Morgan fingerprint density at radius 1 is 0.390 bits per heavy atom. The molecule has 2 aliphatic carbocycles. The van der Waals surface area contributed by atoms with Gasteiger partial charge in [-0.3, -0.25) is 0 Å². The molecule has 0 aromatic heterocycles. The molecule has 0 spiro atoms. The van der Waals surface area contributed by atoms with Gasteiger partial charge in [0.1, 0.15) is 0 Å². The number of anilines is 2. The lowest BCUT2D eigenvalue weighted by Gasteiger charge is -2.34. The molecule has 0 aliphatic heterocycles. The Morgan fingerprint density at radius 3 is 1.49 bits per heavy atom. The summed E-state index contributed by atoms with van der Waals surface area (Å²) in [7, 11) is 0. The van der Waals surface area contributed by atoms with E-state index in [2.05, 4.69) is 165 Å². The fraction of sp³-hybridized carbons (Fsp3) is 0.100. The third-order valence-corrected chi connectivity index (χ3v) is 9.35. The minimum Gasteiger partial charge on any atom is -0.356 e. The highest BCUT2D eigenvalue weighted by Crippen LogP contribution is 2.56. The first kappa shape index (κ1) is 24.0. The maximum atomic E-state index is 3.71. The predicted molar refractivity (Wildman–Crippen MR) is 171 cm³/mol. The van der Waals surface area contributed by atoms with Gasteiger partial charge >= 0.3 is 0 Å². The van der Waals surface area contributed by atoms with Gasteiger partial charge in [-0.05, 0) is 79.9 Å². The second-order valence-corrected chi connectivity index (χ2v) is 11.8. The molecule has 0 radical (unpaired) electrons. The summed E-state index contributed by atoms with van der Waals surface area (Å²) in [6.45, 7) is 4.66. The fourth-order valence-electron chi connectivity index (χ4n) is 7.46. The van der Waals surface area contributed by atoms with Gasteiger partial charge in [0, 0.05) is 16.8 Å². The second kappa shape index (κ2) is 8.81. The molecule has 41 heavy (non-hydrogen) atoms. The molecule has 0 atom stereocenters. The predicted octanol–water partition coefficient (Wildman–Crippen LogP) is 10.1. The minimum atomic E-state index is -0.365. The van der Waals surface area contributed by atoms with Crippen molar-refractivity contribution >= 4 is 11.4 Å². The Morgan fingerprint density at radius 2 is 0.854 bits per heavy atom. The molecule has 1 nitrogen and oxygen atoms in total. The monoisotopic (exact) mass is 525 g/mol. The van der Waals surface area contributed by atoms with Crippen LogP contribution in [-0.2, 0) is 10.8 Å². The first-order valence-electron chi connectivity index (χ1n) is 14.5. The Balaban J connectivity index is 1.21. The highest BCUT2D eigenvalue weighted by Gasteiger charge is 2.45. The van der Waals surface area contributed by atoms with Gasteiger partial charge in [-0.15, -0.1) is 0 Å². The lowest BCUT2D eigenvalue weighted by molar-refractivity contribution is 0.660. The van der Waals surface area contributed by atoms with Crippen molar-refractivity contribution in [1.29, 1.82) is 0 Å². The van der Waals surface area contributed by atoms with Crippen molar-refractivity contribution in [3.8, 4) is 22.3 Å². The molecule has 0 amide bonds. The number of nitrogens with one attached hydrogen (secondary N) is 1. The average molecular weight is 526 g/mol. The Labute approximate surface area is 242 Å². The summed E-state index contributed by atoms with van der Waals surface area (Å²) in [4.78, 5) is 0. The molecule has 0 saturated carbocycles. The van der Waals surface area contributed by atoms with Crippen LogP contribution in [0.25, 0.3) is 22.3 Å². The fourth-order valence-corrected chi connectivity index (χ4v) is 7.46. The van der Waals surface area contributed by atoms with E-state index in [1.807, 2.05) is 0 Å². The molecular weight excluding hydrogens is 494 g/mol. The van der Waals surface area contributed by atoms with Gasteiger partial charge in [0.2, 0.25) is 0 Å². The summed E-state index contributed by atoms with van der Waals surface area (Å²) in [6.07, 6.45) is 0. The molecule has 0 fully saturated rings. The van der Waals surface area contributed by atoms with Gasteiger partial charge < -0.3 is 5.32 Å². The molecule has 0 saturated heterocycles. The second-order valence-electron chi connectivity index (χ2n) is 11.8. The van der Waals surface area contributed by atoms with Crippen LogP contribution in [0.3, 0.4) is 0 Å². The Hall–Kier alpha value is -4.88. The molecule has 1 heteroatoms. The van der Waals surface area contributed by atoms with Crippen molar-refractivity contribution < 1.29 is 0 Å². The molecule has 0 unspecified atom stereocenters. The van der Waals surface area contributed by atoms with Gasteiger partial charge in [0.15, 0.2) is 0 Å². The van der Waals surface area contributed by atoms with Gasteiger partial charge in [-0.2, -0.15) is 0 Å². The third kappa shape index (κ3) is 3.36. The number of hydrogen-bond acceptors (Lipinski definition) is 1. The van der Waals surface area contributed by atoms with Crippen molar-refractivity contribution in [1.82, 2.24) is 0 Å². The molecule has 196 valence electrons. The molecule has 8 rings (SSSR count). The van der Waals surface area contributed by atoms with E-state index in [0.29, 0.717) is 0 Å². The normalized spacial score (nSPS) is 15.0. The minimum absolute atomic E-state index is 0.0151. The van der Waals surface area contributed by atoms with Crippen LogP contribution < -0.4 is 5.32 Å². The van der Waals surface area contributed by atoms with E-state index >= 15 is 0 Å². The van der Waals surface area contributed by atoms with Crippen LogP contribution in [0, 0.1) is 0 Å². The van der Waals surface area contributed by atoms with E-state index in [0.717, 1.165) is 11.4 Å². The number of hydrogen-bond donors (Lipinski definition) is 1. The zero-order valence-electron chi connectivity index (χ0n) is 23.4. The van der Waals surface area contributed by atoms with Crippen LogP contribution in [0.2, 0.25) is 0 Å². The lowest BCUT2D eigenvalue weighted by atomic mass is 9.68. The third-order valence-electron chi connectivity index (χ3n) is 9.35. The summed E-state index contributed by atoms with van der Waals surface area (Å²) in [5.41, 5.74) is 15.2. The van der Waals surface area contributed by atoms with Gasteiger partial charge in [-0.25, -0.2) is 0 Å². The number of rotatable bonds is 4. The van der Waals surface area contributed by atoms with E-state index in [1.165, 1.54) is 55.6 Å². The highest BCUT2D eigenvalue weighted by molar-refractivity contribution is 5.86. The summed E-state index contributed by atoms with van der Waals surface area (Å²) < 4.78 is 0. The molecule has 6 aromatic rings. The van der Waals surface area contributed by atoms with Crippen molar-refractivity contribution in [3.63, 3.8) is 0 Å². The Bertz CT molecular complexity index is 1880. The zero-order valence-corrected chi connectivity index (χ0v) is 23.4. The van der Waals surface area contributed by atoms with E-state index in [-0.39, 0.29) is 10.8 Å². The van der Waals surface area contributed by atoms with Crippen LogP contribution in [0.5, 0.6) is 0 Å². The summed E-state index contributed by atoms with van der Waals surface area (Å²) in [5.74, 6) is 0. The SMILES string of the molecule is CC1(C)c2ccccc2-c2ccc(Nc3ccc(C4(c5ccccc5)c5ccccc5-c5ccccc54)cc3)cc21. The van der Waals surface area contributed by atoms with Crippen LogP contribution in [0.4, 0.5) is 11.4 Å². The van der Waals surface area contributed by atoms with E-state index in [4.69, 9.17) is 0 Å². The maximum Gasteiger partial charge on any atom is 0.0713 e. The summed E-state index contributed by atoms with van der Waals surface area (Å²) >= 11 is 0. The number of fused-ring (bicyclic) bond motifs is 6. The van der Waals surface area contributed by atoms with Crippen LogP contribution in [0.15, 0.2) is 146 Å². The van der Waals surface area contributed by atoms with Crippen molar-refractivity contribution in [2.75, 3.05) is 5.32 Å². The highest BCUT2D eigenvalue weighted by atomic mass is 14.9. The van der Waals surface area contributed by atoms with Crippen LogP contribution in [0.1, 0.15) is 47.2 Å². The van der Waals surface area contributed by atoms with E-state index in [9.17, 15) is 0 Å². The molecule has 0 bridgehead atoms. The smallest absolute Gasteiger partial charge is 0.0713 e. The summed E-state index contributed by atoms with van der Waals surface area (Å²) in [5, 5.41) is 3.71. The van der Waals surface area contributed by atoms with Gasteiger partial charge in [-0.1, -0.05) is 135 Å². The largest absolute Gasteiger partial charge is 0.356 e. The first-order chi connectivity index (χ1) is 20.1.